The molecule has 1 rings (SSSR count). The van der Waals surface area contributed by atoms with Gasteiger partial charge in [0.2, 0.25) is 5.91 Å². The maximum Gasteiger partial charge on any atom is 0.236 e. The lowest BCUT2D eigenvalue weighted by molar-refractivity contribution is -0.129. The van der Waals surface area contributed by atoms with Crippen LogP contribution in [0.2, 0.25) is 0 Å². The Hall–Kier alpha value is -1.03. The Balaban J connectivity index is 2.75. The number of amides is 1. The highest BCUT2D eigenvalue weighted by atomic mass is 79.9. The number of ether oxygens (including phenoxy) is 1. The Kier molecular flexibility index (Phi) is 6.19. The van der Waals surface area contributed by atoms with E-state index in [2.05, 4.69) is 15.9 Å². The van der Waals surface area contributed by atoms with E-state index in [4.69, 9.17) is 4.74 Å². The Bertz CT molecular complexity index is 395. The lowest BCUT2D eigenvalue weighted by atomic mass is 10.2. The molecule has 1 amide bonds. The number of carbonyl (C=O) groups excluding carboxylic acids is 1. The van der Waals surface area contributed by atoms with Crippen LogP contribution in [0.3, 0.4) is 0 Å². The first-order valence-corrected chi connectivity index (χ1v) is 7.11. The lowest BCUT2D eigenvalue weighted by Crippen LogP contribution is -2.32. The Labute approximate surface area is 117 Å². The zero-order valence-electron chi connectivity index (χ0n) is 11.1. The molecular weight excluding hydrogens is 294 g/mol. The monoisotopic (exact) mass is 313 g/mol. The Morgan fingerprint density at radius 3 is 2.67 bits per heavy atom. The molecule has 0 saturated heterocycles. The molecule has 0 saturated carbocycles. The third-order valence-corrected chi connectivity index (χ3v) is 3.72. The second-order valence-electron chi connectivity index (χ2n) is 4.11. The fourth-order valence-corrected chi connectivity index (χ4v) is 2.03. The van der Waals surface area contributed by atoms with Crippen LogP contribution < -0.4 is 4.74 Å². The highest BCUT2D eigenvalue weighted by Gasteiger charge is 2.18. The van der Waals surface area contributed by atoms with E-state index in [1.165, 1.54) is 0 Å². The minimum absolute atomic E-state index is 0.101. The van der Waals surface area contributed by atoms with Crippen LogP contribution in [0, 0.1) is 0 Å². The zero-order valence-corrected chi connectivity index (χ0v) is 12.7. The number of halogens is 1. The summed E-state index contributed by atoms with van der Waals surface area (Å²) in [6.45, 7) is 5.14. The molecule has 0 radical (unpaired) electrons. The van der Waals surface area contributed by atoms with Crippen molar-refractivity contribution in [1.82, 2.24) is 4.90 Å². The first kappa shape index (κ1) is 15.0. The Morgan fingerprint density at radius 1 is 1.39 bits per heavy atom. The molecule has 0 N–H and O–H groups in total. The third-order valence-electron chi connectivity index (χ3n) is 2.68. The van der Waals surface area contributed by atoms with E-state index in [0.717, 1.165) is 17.7 Å². The number of rotatable bonds is 6. The molecule has 4 heteroatoms. The van der Waals surface area contributed by atoms with E-state index >= 15 is 0 Å². The molecule has 0 heterocycles. The fourth-order valence-electron chi connectivity index (χ4n) is 1.68. The predicted molar refractivity (Wildman–Crippen MR) is 77.1 cm³/mol. The second-order valence-corrected chi connectivity index (χ2v) is 5.22. The van der Waals surface area contributed by atoms with Crippen LogP contribution in [0.15, 0.2) is 24.3 Å². The summed E-state index contributed by atoms with van der Waals surface area (Å²) in [5.74, 6) is 0.950. The summed E-state index contributed by atoms with van der Waals surface area (Å²) in [5.41, 5.74) is 1.03. The second kappa shape index (κ2) is 7.41. The van der Waals surface area contributed by atoms with Crippen molar-refractivity contribution in [2.45, 2.75) is 31.6 Å². The van der Waals surface area contributed by atoms with Gasteiger partial charge in [-0.3, -0.25) is 4.79 Å². The van der Waals surface area contributed by atoms with Crippen molar-refractivity contribution in [1.29, 1.82) is 0 Å². The first-order valence-electron chi connectivity index (χ1n) is 6.19. The van der Waals surface area contributed by atoms with Gasteiger partial charge < -0.3 is 9.64 Å². The highest BCUT2D eigenvalue weighted by Crippen LogP contribution is 2.20. The van der Waals surface area contributed by atoms with Gasteiger partial charge in [0, 0.05) is 19.2 Å². The van der Waals surface area contributed by atoms with Crippen molar-refractivity contribution >= 4 is 21.8 Å². The van der Waals surface area contributed by atoms with Crippen molar-refractivity contribution in [3.8, 4) is 5.75 Å². The number of nitrogens with zero attached hydrogens (tertiary/aromatic N) is 1. The molecule has 0 aliphatic heterocycles. The number of carbonyl (C=O) groups is 1. The largest absolute Gasteiger partial charge is 0.494 e. The highest BCUT2D eigenvalue weighted by molar-refractivity contribution is 9.10. The molecule has 0 bridgehead atoms. The number of benzene rings is 1. The van der Waals surface area contributed by atoms with Crippen molar-refractivity contribution in [2.75, 3.05) is 13.7 Å². The van der Waals surface area contributed by atoms with Gasteiger partial charge in [-0.15, -0.1) is 0 Å². The summed E-state index contributed by atoms with van der Waals surface area (Å²) in [5, 5.41) is 0. The SMILES string of the molecule is CCOc1ccccc1CN(C)C(=O)C(Br)CC. The van der Waals surface area contributed by atoms with Crippen LogP contribution in [0.4, 0.5) is 0 Å². The lowest BCUT2D eigenvalue weighted by Gasteiger charge is -2.21. The summed E-state index contributed by atoms with van der Waals surface area (Å²) in [6.07, 6.45) is 0.788. The van der Waals surface area contributed by atoms with Gasteiger partial charge in [0.25, 0.3) is 0 Å². The summed E-state index contributed by atoms with van der Waals surface area (Å²) >= 11 is 3.38. The van der Waals surface area contributed by atoms with Gasteiger partial charge in [-0.1, -0.05) is 41.1 Å². The van der Waals surface area contributed by atoms with Crippen LogP contribution in [-0.2, 0) is 11.3 Å². The van der Waals surface area contributed by atoms with Crippen molar-refractivity contribution in [2.24, 2.45) is 0 Å². The van der Waals surface area contributed by atoms with Crippen molar-refractivity contribution in [3.63, 3.8) is 0 Å². The van der Waals surface area contributed by atoms with Gasteiger partial charge in [0.1, 0.15) is 5.75 Å². The molecule has 0 fully saturated rings. The maximum absolute atomic E-state index is 12.0. The molecule has 1 atom stereocenters. The fraction of sp³-hybridized carbons (Fsp3) is 0.500. The normalized spacial score (nSPS) is 12.0. The van der Waals surface area contributed by atoms with E-state index < -0.39 is 0 Å². The zero-order chi connectivity index (χ0) is 13.5. The average Bonchev–Trinajstić information content (AvgIpc) is 2.39. The first-order chi connectivity index (χ1) is 8.60. The minimum atomic E-state index is -0.109. The van der Waals surface area contributed by atoms with Gasteiger partial charge in [-0.05, 0) is 19.4 Å². The quantitative estimate of drug-likeness (QED) is 0.755. The molecule has 1 aromatic carbocycles. The molecule has 1 unspecified atom stereocenters. The van der Waals surface area contributed by atoms with Crippen molar-refractivity contribution < 1.29 is 9.53 Å². The molecule has 18 heavy (non-hydrogen) atoms. The summed E-state index contributed by atoms with van der Waals surface area (Å²) < 4.78 is 5.55. The number of hydrogen-bond donors (Lipinski definition) is 0. The predicted octanol–water partition coefficient (Wildman–Crippen LogP) is 3.22. The summed E-state index contributed by atoms with van der Waals surface area (Å²) in [6, 6.07) is 7.82. The molecule has 0 spiro atoms. The summed E-state index contributed by atoms with van der Waals surface area (Å²) in [4.78, 5) is 13.6. The van der Waals surface area contributed by atoms with E-state index in [1.54, 1.807) is 4.90 Å². The van der Waals surface area contributed by atoms with Crippen LogP contribution in [0.1, 0.15) is 25.8 Å². The molecule has 3 nitrogen and oxygen atoms in total. The Morgan fingerprint density at radius 2 is 2.06 bits per heavy atom. The van der Waals surface area contributed by atoms with Gasteiger partial charge in [-0.25, -0.2) is 0 Å². The van der Waals surface area contributed by atoms with E-state index in [9.17, 15) is 4.79 Å². The maximum atomic E-state index is 12.0. The molecule has 1 aromatic rings. The van der Waals surface area contributed by atoms with Crippen molar-refractivity contribution in [3.05, 3.63) is 29.8 Å². The number of hydrogen-bond acceptors (Lipinski definition) is 2. The van der Waals surface area contributed by atoms with Crippen LogP contribution in [0.5, 0.6) is 5.75 Å². The van der Waals surface area contributed by atoms with E-state index in [1.807, 2.05) is 45.2 Å². The van der Waals surface area contributed by atoms with Crippen LogP contribution >= 0.6 is 15.9 Å². The average molecular weight is 314 g/mol. The molecule has 0 aliphatic carbocycles. The standard InChI is InChI=1S/C14H20BrNO2/c1-4-12(15)14(17)16(3)10-11-8-6-7-9-13(11)18-5-2/h6-9,12H,4-5,10H2,1-3H3. The molecule has 0 aromatic heterocycles. The van der Waals surface area contributed by atoms with E-state index in [-0.39, 0.29) is 10.7 Å². The number of alkyl halides is 1. The minimum Gasteiger partial charge on any atom is -0.494 e. The smallest absolute Gasteiger partial charge is 0.236 e. The van der Waals surface area contributed by atoms with Crippen LogP contribution in [-0.4, -0.2) is 29.3 Å². The third kappa shape index (κ3) is 4.02. The van der Waals surface area contributed by atoms with E-state index in [0.29, 0.717) is 13.2 Å². The number of para-hydroxylation sites is 1. The van der Waals surface area contributed by atoms with Gasteiger partial charge >= 0.3 is 0 Å². The molecule has 100 valence electrons. The van der Waals surface area contributed by atoms with Gasteiger partial charge in [0.15, 0.2) is 0 Å². The molecule has 0 aliphatic rings. The molecular formula is C14H20BrNO2. The topological polar surface area (TPSA) is 29.5 Å². The van der Waals surface area contributed by atoms with Crippen LogP contribution in [0.25, 0.3) is 0 Å². The summed E-state index contributed by atoms with van der Waals surface area (Å²) in [7, 11) is 1.81. The van der Waals surface area contributed by atoms with Gasteiger partial charge in [0.05, 0.1) is 11.4 Å². The van der Waals surface area contributed by atoms with Gasteiger partial charge in [-0.2, -0.15) is 0 Å².